The molecule has 0 bridgehead atoms. The highest BCUT2D eigenvalue weighted by Crippen LogP contribution is 2.45. The van der Waals surface area contributed by atoms with Gasteiger partial charge in [0.25, 0.3) is 0 Å². The van der Waals surface area contributed by atoms with E-state index in [0.717, 1.165) is 22.3 Å². The van der Waals surface area contributed by atoms with Gasteiger partial charge in [0.1, 0.15) is 13.8 Å². The molecule has 0 atom stereocenters. The van der Waals surface area contributed by atoms with Crippen molar-refractivity contribution in [2.24, 2.45) is 0 Å². The molecule has 0 saturated heterocycles. The maximum Gasteiger partial charge on any atom is 0.311 e. The lowest BCUT2D eigenvalue weighted by molar-refractivity contribution is -0.134. The van der Waals surface area contributed by atoms with Gasteiger partial charge in [-0.1, -0.05) is 151 Å². The molecule has 0 aliphatic carbocycles. The summed E-state index contributed by atoms with van der Waals surface area (Å²) in [4.78, 5) is 12.7. The van der Waals surface area contributed by atoms with Gasteiger partial charge in [0, 0.05) is 12.8 Å². The molecule has 0 N–H and O–H groups in total. The molecule has 246 valence electrons. The molecule has 49 heavy (non-hydrogen) atoms. The van der Waals surface area contributed by atoms with Gasteiger partial charge in [0.15, 0.2) is 0 Å². The SMILES string of the molecule is CC(C)[Si](C#CC#CC#CC#CCCCC(=O)Oc1ccc(C(c2ccccc2)(c2ccccc2)c2ccccc2)cc1)(C(C)C)C(C)C. The molecule has 0 fully saturated rings. The highest BCUT2D eigenvalue weighted by Gasteiger charge is 2.42. The summed E-state index contributed by atoms with van der Waals surface area (Å²) >= 11 is 0. The smallest absolute Gasteiger partial charge is 0.311 e. The molecule has 0 spiro atoms. The van der Waals surface area contributed by atoms with Crippen LogP contribution in [-0.4, -0.2) is 14.0 Å². The minimum Gasteiger partial charge on any atom is -0.427 e. The summed E-state index contributed by atoms with van der Waals surface area (Å²) in [5, 5.41) is 0. The molecule has 3 heteroatoms. The third kappa shape index (κ3) is 8.84. The van der Waals surface area contributed by atoms with Gasteiger partial charge in [0.2, 0.25) is 0 Å². The monoisotopic (exact) mass is 658 g/mol. The van der Waals surface area contributed by atoms with Gasteiger partial charge in [0.05, 0.1) is 5.41 Å². The Morgan fingerprint density at radius 1 is 0.571 bits per heavy atom. The zero-order valence-corrected chi connectivity index (χ0v) is 30.6. The third-order valence-corrected chi connectivity index (χ3v) is 15.7. The minimum atomic E-state index is -1.78. The van der Waals surface area contributed by atoms with E-state index in [-0.39, 0.29) is 12.4 Å². The number of benzene rings is 4. The number of carbonyl (C=O) groups is 1. The molecule has 0 aliphatic rings. The van der Waals surface area contributed by atoms with Gasteiger partial charge in [-0.25, -0.2) is 0 Å². The molecule has 4 aromatic rings. The average Bonchev–Trinajstić information content (AvgIpc) is 3.11. The average molecular weight is 659 g/mol. The molecule has 0 radical (unpaired) electrons. The maximum absolute atomic E-state index is 12.7. The molecule has 0 aromatic heterocycles. The van der Waals surface area contributed by atoms with Crippen LogP contribution in [0.5, 0.6) is 5.75 Å². The lowest BCUT2D eigenvalue weighted by Gasteiger charge is -2.37. The van der Waals surface area contributed by atoms with Crippen molar-refractivity contribution in [1.29, 1.82) is 0 Å². The second-order valence-corrected chi connectivity index (χ2v) is 18.7. The number of unbranched alkanes of at least 4 members (excludes halogenated alkanes) is 1. The Morgan fingerprint density at radius 2 is 0.980 bits per heavy atom. The van der Waals surface area contributed by atoms with Crippen LogP contribution in [0.1, 0.15) is 83.1 Å². The topological polar surface area (TPSA) is 26.3 Å². The van der Waals surface area contributed by atoms with Crippen LogP contribution in [0.3, 0.4) is 0 Å². The zero-order valence-electron chi connectivity index (χ0n) is 29.6. The van der Waals surface area contributed by atoms with Crippen molar-refractivity contribution in [2.75, 3.05) is 0 Å². The van der Waals surface area contributed by atoms with Crippen LogP contribution in [0.25, 0.3) is 0 Å². The van der Waals surface area contributed by atoms with Crippen molar-refractivity contribution in [2.45, 2.75) is 82.8 Å². The predicted octanol–water partition coefficient (Wildman–Crippen LogP) is 10.4. The fraction of sp³-hybridized carbons (Fsp3) is 0.283. The van der Waals surface area contributed by atoms with Crippen molar-refractivity contribution < 1.29 is 9.53 Å². The second kappa shape index (κ2) is 17.8. The van der Waals surface area contributed by atoms with E-state index in [0.29, 0.717) is 35.2 Å². The fourth-order valence-electron chi connectivity index (χ4n) is 7.15. The molecule has 0 heterocycles. The summed E-state index contributed by atoms with van der Waals surface area (Å²) in [5.41, 5.74) is 9.30. The normalized spacial score (nSPS) is 10.9. The molecule has 4 rings (SSSR count). The standard InChI is InChI=1S/C46H46O2Si/c1-37(2)49(38(3)4,39(5)6)36-24-13-11-9-7-8-10-12-23-31-45(47)48-44-34-32-43(33-35-44)46(40-25-17-14-18-26-40,41-27-19-15-20-28-41)42-29-21-16-22-30-42/h14-22,25-30,32-35,37-39H,12,23,31H2,1-6H3. The first-order valence-corrected chi connectivity index (χ1v) is 19.4. The summed E-state index contributed by atoms with van der Waals surface area (Å²) in [6.45, 7) is 13.7. The van der Waals surface area contributed by atoms with E-state index in [9.17, 15) is 4.79 Å². The Hall–Kier alpha value is -5.19. The van der Waals surface area contributed by atoms with E-state index in [1.807, 2.05) is 30.3 Å². The number of hydrogen-bond donors (Lipinski definition) is 0. The summed E-state index contributed by atoms with van der Waals surface area (Å²) in [6, 6.07) is 39.5. The van der Waals surface area contributed by atoms with Gasteiger partial charge in [-0.05, 0) is 93.0 Å². The van der Waals surface area contributed by atoms with Crippen molar-refractivity contribution >= 4 is 14.0 Å². The van der Waals surface area contributed by atoms with Crippen LogP contribution in [0.4, 0.5) is 0 Å². The summed E-state index contributed by atoms with van der Waals surface area (Å²) in [5.74, 6) is 20.4. The van der Waals surface area contributed by atoms with Crippen LogP contribution in [0, 0.1) is 47.0 Å². The van der Waals surface area contributed by atoms with E-state index < -0.39 is 13.5 Å². The Kier molecular flexibility index (Phi) is 13.3. The third-order valence-electron chi connectivity index (χ3n) is 9.37. The highest BCUT2D eigenvalue weighted by molar-refractivity contribution is 6.90. The molecule has 0 saturated carbocycles. The molecule has 0 unspecified atom stereocenters. The zero-order chi connectivity index (χ0) is 35.1. The minimum absolute atomic E-state index is 0.272. The molecular formula is C46H46O2Si. The van der Waals surface area contributed by atoms with Crippen LogP contribution < -0.4 is 4.74 Å². The van der Waals surface area contributed by atoms with E-state index in [1.165, 1.54) is 0 Å². The van der Waals surface area contributed by atoms with E-state index >= 15 is 0 Å². The Morgan fingerprint density at radius 3 is 1.43 bits per heavy atom. The number of rotatable bonds is 11. The lowest BCUT2D eigenvalue weighted by atomic mass is 9.65. The maximum atomic E-state index is 12.7. The highest BCUT2D eigenvalue weighted by atomic mass is 28.3. The van der Waals surface area contributed by atoms with Crippen molar-refractivity contribution in [3.63, 3.8) is 0 Å². The summed E-state index contributed by atoms with van der Waals surface area (Å²) < 4.78 is 5.71. The van der Waals surface area contributed by atoms with E-state index in [1.54, 1.807) is 0 Å². The van der Waals surface area contributed by atoms with Crippen LogP contribution in [0.15, 0.2) is 115 Å². The summed E-state index contributed by atoms with van der Waals surface area (Å²) in [6.07, 6.45) is 1.41. The Bertz CT molecular complexity index is 1790. The quantitative estimate of drug-likeness (QED) is 0.0400. The number of hydrogen-bond acceptors (Lipinski definition) is 2. The lowest BCUT2D eigenvalue weighted by Crippen LogP contribution is -2.43. The van der Waals surface area contributed by atoms with Gasteiger partial charge < -0.3 is 4.74 Å². The van der Waals surface area contributed by atoms with Gasteiger partial charge >= 0.3 is 5.97 Å². The Labute approximate surface area is 295 Å². The van der Waals surface area contributed by atoms with Crippen molar-refractivity contribution in [3.8, 4) is 52.7 Å². The van der Waals surface area contributed by atoms with Crippen LogP contribution in [0.2, 0.25) is 16.6 Å². The van der Waals surface area contributed by atoms with Crippen molar-refractivity contribution in [3.05, 3.63) is 138 Å². The molecule has 0 aliphatic heterocycles. The van der Waals surface area contributed by atoms with Crippen molar-refractivity contribution in [1.82, 2.24) is 0 Å². The predicted molar refractivity (Wildman–Crippen MR) is 206 cm³/mol. The first-order chi connectivity index (χ1) is 23.7. The molecular weight excluding hydrogens is 613 g/mol. The van der Waals surface area contributed by atoms with E-state index in [2.05, 4.69) is 173 Å². The fourth-order valence-corrected chi connectivity index (χ4v) is 12.3. The number of esters is 1. The summed E-state index contributed by atoms with van der Waals surface area (Å²) in [7, 11) is -1.78. The largest absolute Gasteiger partial charge is 0.427 e. The van der Waals surface area contributed by atoms with Gasteiger partial charge in [-0.3, -0.25) is 4.79 Å². The van der Waals surface area contributed by atoms with Crippen LogP contribution in [-0.2, 0) is 10.2 Å². The Balaban J connectivity index is 1.39. The first kappa shape index (κ1) is 36.6. The second-order valence-electron chi connectivity index (χ2n) is 13.1. The van der Waals surface area contributed by atoms with Crippen LogP contribution >= 0.6 is 0 Å². The number of ether oxygens (including phenoxy) is 1. The first-order valence-electron chi connectivity index (χ1n) is 17.2. The van der Waals surface area contributed by atoms with E-state index in [4.69, 9.17) is 4.74 Å². The molecule has 0 amide bonds. The van der Waals surface area contributed by atoms with Gasteiger partial charge in [-0.15, -0.1) is 5.54 Å². The number of carbonyl (C=O) groups excluding carboxylic acids is 1. The molecule has 4 aromatic carbocycles. The molecule has 2 nitrogen and oxygen atoms in total. The van der Waals surface area contributed by atoms with Gasteiger partial charge in [-0.2, -0.15) is 0 Å².